The maximum Gasteiger partial charge on any atom is 0.148 e. The lowest BCUT2D eigenvalue weighted by molar-refractivity contribution is 0.289. The minimum atomic E-state index is 0.270. The third-order valence-electron chi connectivity index (χ3n) is 3.66. The van der Waals surface area contributed by atoms with Gasteiger partial charge in [-0.2, -0.15) is 5.26 Å². The van der Waals surface area contributed by atoms with Gasteiger partial charge in [-0.3, -0.25) is 0 Å². The Labute approximate surface area is 129 Å². The van der Waals surface area contributed by atoms with Gasteiger partial charge >= 0.3 is 0 Å². The monoisotopic (exact) mass is 291 g/mol. The number of aromatic nitrogens is 2. The zero-order valence-corrected chi connectivity index (χ0v) is 12.7. The largest absolute Gasteiger partial charge is 0.485 e. The Morgan fingerprint density at radius 1 is 1.18 bits per heavy atom. The summed E-state index contributed by atoms with van der Waals surface area (Å²) in [5, 5.41) is 9.05. The van der Waals surface area contributed by atoms with E-state index >= 15 is 0 Å². The van der Waals surface area contributed by atoms with Gasteiger partial charge in [0.1, 0.15) is 24.7 Å². The Balaban J connectivity index is 1.92. The number of imidazole rings is 1. The van der Waals surface area contributed by atoms with E-state index in [2.05, 4.69) is 17.1 Å². The van der Waals surface area contributed by atoms with E-state index in [0.29, 0.717) is 6.61 Å². The van der Waals surface area contributed by atoms with E-state index in [1.54, 1.807) is 0 Å². The van der Waals surface area contributed by atoms with Crippen molar-refractivity contribution in [1.82, 2.24) is 9.55 Å². The van der Waals surface area contributed by atoms with Crippen LogP contribution in [0.4, 0.5) is 0 Å². The third-order valence-corrected chi connectivity index (χ3v) is 3.66. The molecule has 0 radical (unpaired) electrons. The summed E-state index contributed by atoms with van der Waals surface area (Å²) in [4.78, 5) is 4.59. The van der Waals surface area contributed by atoms with Crippen LogP contribution in [0.3, 0.4) is 0 Å². The van der Waals surface area contributed by atoms with Crippen molar-refractivity contribution >= 4 is 11.0 Å². The predicted molar refractivity (Wildman–Crippen MR) is 85.6 cm³/mol. The molecule has 2 aromatic carbocycles. The molecular formula is C18H17N3O. The van der Waals surface area contributed by atoms with Gasteiger partial charge in [-0.05, 0) is 43.2 Å². The fourth-order valence-electron chi connectivity index (χ4n) is 2.49. The number of hydrogen-bond donors (Lipinski definition) is 0. The SMILES string of the molecule is Cc1ccc(C)c(OCc2nc3ccccc3n2CC#N)c1. The molecule has 0 aliphatic rings. The molecule has 0 aliphatic carbocycles. The maximum absolute atomic E-state index is 9.05. The number of benzene rings is 2. The van der Waals surface area contributed by atoms with Gasteiger partial charge in [-0.1, -0.05) is 24.3 Å². The van der Waals surface area contributed by atoms with Crippen LogP contribution in [0.5, 0.6) is 5.75 Å². The van der Waals surface area contributed by atoms with E-state index in [4.69, 9.17) is 10.00 Å². The lowest BCUT2D eigenvalue weighted by Crippen LogP contribution is -2.07. The first-order valence-corrected chi connectivity index (χ1v) is 7.20. The van der Waals surface area contributed by atoms with Crippen LogP contribution in [-0.2, 0) is 13.2 Å². The van der Waals surface area contributed by atoms with Crippen molar-refractivity contribution < 1.29 is 4.74 Å². The highest BCUT2D eigenvalue weighted by Crippen LogP contribution is 2.22. The standard InChI is InChI=1S/C18H17N3O/c1-13-7-8-14(2)17(11-13)22-12-18-20-15-5-3-4-6-16(15)21(18)10-9-19/h3-8,11H,10,12H2,1-2H3. The summed E-state index contributed by atoms with van der Waals surface area (Å²) in [6.07, 6.45) is 0. The molecule has 0 saturated heterocycles. The first-order chi connectivity index (χ1) is 10.7. The quantitative estimate of drug-likeness (QED) is 0.735. The lowest BCUT2D eigenvalue weighted by Gasteiger charge is -2.10. The molecule has 0 unspecified atom stereocenters. The van der Waals surface area contributed by atoms with E-state index < -0.39 is 0 Å². The van der Waals surface area contributed by atoms with Gasteiger partial charge in [0.2, 0.25) is 0 Å². The number of aryl methyl sites for hydroxylation is 2. The molecule has 0 aliphatic heterocycles. The normalized spacial score (nSPS) is 10.6. The maximum atomic E-state index is 9.05. The van der Waals surface area contributed by atoms with Crippen LogP contribution in [0.25, 0.3) is 11.0 Å². The first kappa shape index (κ1) is 14.2. The number of rotatable bonds is 4. The molecule has 1 heterocycles. The summed E-state index contributed by atoms with van der Waals surface area (Å²) in [6.45, 7) is 4.68. The predicted octanol–water partition coefficient (Wildman–Crippen LogP) is 3.76. The smallest absolute Gasteiger partial charge is 0.148 e. The third kappa shape index (κ3) is 2.66. The molecule has 3 aromatic rings. The fraction of sp³-hybridized carbons (Fsp3) is 0.222. The van der Waals surface area contributed by atoms with Gasteiger partial charge in [-0.15, -0.1) is 0 Å². The molecule has 0 spiro atoms. The molecule has 110 valence electrons. The Hall–Kier alpha value is -2.80. The van der Waals surface area contributed by atoms with E-state index in [-0.39, 0.29) is 6.54 Å². The van der Waals surface area contributed by atoms with E-state index in [0.717, 1.165) is 33.7 Å². The minimum absolute atomic E-state index is 0.270. The molecule has 0 saturated carbocycles. The summed E-state index contributed by atoms with van der Waals surface area (Å²) in [7, 11) is 0. The van der Waals surface area contributed by atoms with Crippen molar-refractivity contribution in [3.63, 3.8) is 0 Å². The minimum Gasteiger partial charge on any atom is -0.485 e. The Bertz CT molecular complexity index is 858. The van der Waals surface area contributed by atoms with Gasteiger partial charge in [0, 0.05) is 0 Å². The molecule has 0 amide bonds. The molecule has 4 nitrogen and oxygen atoms in total. The second-order valence-electron chi connectivity index (χ2n) is 5.32. The van der Waals surface area contributed by atoms with E-state index in [1.807, 2.05) is 54.8 Å². The van der Waals surface area contributed by atoms with Crippen molar-refractivity contribution in [3.05, 3.63) is 59.4 Å². The summed E-state index contributed by atoms with van der Waals surface area (Å²) < 4.78 is 7.83. The highest BCUT2D eigenvalue weighted by molar-refractivity contribution is 5.76. The molecule has 1 aromatic heterocycles. The van der Waals surface area contributed by atoms with Crippen LogP contribution in [0, 0.1) is 25.2 Å². The van der Waals surface area contributed by atoms with Crippen molar-refractivity contribution in [3.8, 4) is 11.8 Å². The summed E-state index contributed by atoms with van der Waals surface area (Å²) in [5.74, 6) is 1.62. The fourth-order valence-corrected chi connectivity index (χ4v) is 2.49. The highest BCUT2D eigenvalue weighted by atomic mass is 16.5. The zero-order chi connectivity index (χ0) is 15.5. The topological polar surface area (TPSA) is 50.8 Å². The second kappa shape index (κ2) is 5.90. The number of nitriles is 1. The molecule has 0 fully saturated rings. The van der Waals surface area contributed by atoms with Crippen LogP contribution in [-0.4, -0.2) is 9.55 Å². The second-order valence-corrected chi connectivity index (χ2v) is 5.32. The average molecular weight is 291 g/mol. The molecule has 22 heavy (non-hydrogen) atoms. The number of ether oxygens (including phenoxy) is 1. The molecule has 0 atom stereocenters. The van der Waals surface area contributed by atoms with Crippen LogP contribution in [0.1, 0.15) is 17.0 Å². The van der Waals surface area contributed by atoms with E-state index in [9.17, 15) is 0 Å². The summed E-state index contributed by atoms with van der Waals surface area (Å²) in [6, 6.07) is 16.1. The van der Waals surface area contributed by atoms with Crippen LogP contribution in [0.15, 0.2) is 42.5 Å². The zero-order valence-electron chi connectivity index (χ0n) is 12.7. The number of para-hydroxylation sites is 2. The Morgan fingerprint density at radius 3 is 2.82 bits per heavy atom. The van der Waals surface area contributed by atoms with Crippen molar-refractivity contribution in [2.45, 2.75) is 27.0 Å². The van der Waals surface area contributed by atoms with Gasteiger partial charge < -0.3 is 9.30 Å². The van der Waals surface area contributed by atoms with Crippen LogP contribution < -0.4 is 4.74 Å². The average Bonchev–Trinajstić information content (AvgIpc) is 2.87. The van der Waals surface area contributed by atoms with E-state index in [1.165, 1.54) is 0 Å². The highest BCUT2D eigenvalue weighted by Gasteiger charge is 2.11. The van der Waals surface area contributed by atoms with Crippen molar-refractivity contribution in [2.24, 2.45) is 0 Å². The molecule has 0 N–H and O–H groups in total. The van der Waals surface area contributed by atoms with Crippen LogP contribution in [0.2, 0.25) is 0 Å². The van der Waals surface area contributed by atoms with Gasteiger partial charge in [0.25, 0.3) is 0 Å². The Kier molecular flexibility index (Phi) is 3.80. The number of hydrogen-bond acceptors (Lipinski definition) is 3. The molecule has 4 heteroatoms. The number of nitrogens with zero attached hydrogens (tertiary/aromatic N) is 3. The van der Waals surface area contributed by atoms with Crippen LogP contribution >= 0.6 is 0 Å². The van der Waals surface area contributed by atoms with Crippen molar-refractivity contribution in [1.29, 1.82) is 5.26 Å². The van der Waals surface area contributed by atoms with Gasteiger partial charge in [-0.25, -0.2) is 4.98 Å². The summed E-state index contributed by atoms with van der Waals surface area (Å²) >= 11 is 0. The molecule has 3 rings (SSSR count). The molecule has 0 bridgehead atoms. The first-order valence-electron chi connectivity index (χ1n) is 7.20. The number of fused-ring (bicyclic) bond motifs is 1. The van der Waals surface area contributed by atoms with Gasteiger partial charge in [0.15, 0.2) is 0 Å². The lowest BCUT2D eigenvalue weighted by atomic mass is 10.1. The Morgan fingerprint density at radius 2 is 2.00 bits per heavy atom. The van der Waals surface area contributed by atoms with Crippen molar-refractivity contribution in [2.75, 3.05) is 0 Å². The van der Waals surface area contributed by atoms with Gasteiger partial charge in [0.05, 0.1) is 17.1 Å². The molecular weight excluding hydrogens is 274 g/mol. The summed E-state index contributed by atoms with van der Waals surface area (Å²) in [5.41, 5.74) is 4.10.